The Balaban J connectivity index is 2.41. The smallest absolute Gasteiger partial charge is 0.354 e. The van der Waals surface area contributed by atoms with E-state index in [-0.39, 0.29) is 16.8 Å². The van der Waals surface area contributed by atoms with E-state index in [1.807, 2.05) is 0 Å². The first-order chi connectivity index (χ1) is 14.6. The van der Waals surface area contributed by atoms with Gasteiger partial charge >= 0.3 is 23.9 Å². The highest BCUT2D eigenvalue weighted by Gasteiger charge is 2.73. The molecule has 1 aliphatic heterocycles. The van der Waals surface area contributed by atoms with Crippen LogP contribution < -0.4 is 4.90 Å². The molecule has 0 aromatic heterocycles. The van der Waals surface area contributed by atoms with Crippen molar-refractivity contribution < 1.29 is 38.1 Å². The van der Waals surface area contributed by atoms with Crippen molar-refractivity contribution in [1.82, 2.24) is 0 Å². The van der Waals surface area contributed by atoms with Crippen LogP contribution in [-0.2, 0) is 43.5 Å². The van der Waals surface area contributed by atoms with Crippen LogP contribution in [-0.4, -0.2) is 57.9 Å². The molecule has 0 radical (unpaired) electrons. The number of carbonyl (C=O) groups excluding carboxylic acids is 4. The third-order valence-electron chi connectivity index (χ3n) is 6.21. The molecule has 0 amide bonds. The number of anilines is 1. The van der Waals surface area contributed by atoms with Crippen LogP contribution in [0.1, 0.15) is 19.4 Å². The highest BCUT2D eigenvalue weighted by Crippen LogP contribution is 2.67. The van der Waals surface area contributed by atoms with Crippen LogP contribution in [0.3, 0.4) is 0 Å². The highest BCUT2D eigenvalue weighted by molar-refractivity contribution is 6.13. The lowest BCUT2D eigenvalue weighted by molar-refractivity contribution is -0.143. The summed E-state index contributed by atoms with van der Waals surface area (Å²) in [7, 11) is 4.77. The Labute approximate surface area is 179 Å². The topological polar surface area (TPSA) is 108 Å². The number of hydrogen-bond donors (Lipinski definition) is 0. The average molecular weight is 429 g/mol. The van der Waals surface area contributed by atoms with Gasteiger partial charge in [0.15, 0.2) is 0 Å². The van der Waals surface area contributed by atoms with E-state index in [1.54, 1.807) is 38.1 Å². The molecule has 0 saturated carbocycles. The zero-order valence-corrected chi connectivity index (χ0v) is 18.1. The van der Waals surface area contributed by atoms with Gasteiger partial charge in [-0.3, -0.25) is 0 Å². The monoisotopic (exact) mass is 429 g/mol. The van der Waals surface area contributed by atoms with Crippen molar-refractivity contribution in [3.63, 3.8) is 0 Å². The molecule has 9 heteroatoms. The summed E-state index contributed by atoms with van der Waals surface area (Å²) in [6.45, 7) is 3.47. The Hall–Kier alpha value is -3.62. The van der Waals surface area contributed by atoms with Crippen LogP contribution in [0.25, 0.3) is 0 Å². The van der Waals surface area contributed by atoms with E-state index in [4.69, 9.17) is 18.9 Å². The molecule has 0 saturated heterocycles. The fourth-order valence-electron chi connectivity index (χ4n) is 4.66. The minimum absolute atomic E-state index is 0.0280. The van der Waals surface area contributed by atoms with Gasteiger partial charge in [0.1, 0.15) is 5.70 Å². The third-order valence-corrected chi connectivity index (χ3v) is 6.21. The first kappa shape index (κ1) is 22.1. The van der Waals surface area contributed by atoms with Gasteiger partial charge < -0.3 is 23.8 Å². The number of ether oxygens (including phenoxy) is 4. The molecule has 1 aromatic carbocycles. The van der Waals surface area contributed by atoms with Crippen molar-refractivity contribution in [3.8, 4) is 0 Å². The van der Waals surface area contributed by atoms with Crippen LogP contribution in [0.15, 0.2) is 47.2 Å². The molecule has 2 unspecified atom stereocenters. The summed E-state index contributed by atoms with van der Waals surface area (Å²) in [5, 5.41) is 0. The van der Waals surface area contributed by atoms with Gasteiger partial charge in [0, 0.05) is 5.69 Å². The number of fused-ring (bicyclic) bond motifs is 3. The Bertz CT molecular complexity index is 1060. The van der Waals surface area contributed by atoms with Crippen LogP contribution in [0.5, 0.6) is 0 Å². The summed E-state index contributed by atoms with van der Waals surface area (Å²) in [6.07, 6.45) is 0.991. The summed E-state index contributed by atoms with van der Waals surface area (Å²) in [6, 6.07) is 7.03. The van der Waals surface area contributed by atoms with Crippen molar-refractivity contribution in [2.75, 3.05) is 33.3 Å². The van der Waals surface area contributed by atoms with Crippen molar-refractivity contribution in [3.05, 3.63) is 52.7 Å². The number of hydrogen-bond acceptors (Lipinski definition) is 9. The molecule has 3 rings (SSSR count). The largest absolute Gasteiger partial charge is 0.466 e. The molecule has 164 valence electrons. The number of rotatable bonds is 5. The standard InChI is InChI=1S/C22H23NO8/c1-21-12-9-7-8-10-13(12)23(14(18(25)29-4)11-15(24)28-3)22(21,2)17(20(27)31-6)16(21)19(26)30-5/h7-11H,1-6H3/b14-11+. The minimum Gasteiger partial charge on any atom is -0.466 e. The maximum Gasteiger partial charge on any atom is 0.354 e. The first-order valence-electron chi connectivity index (χ1n) is 9.34. The number of para-hydroxylation sites is 1. The second kappa shape index (κ2) is 7.57. The van der Waals surface area contributed by atoms with E-state index >= 15 is 0 Å². The SMILES string of the molecule is COC(=O)/C=C(\C(=O)OC)N1c2ccccc2C2(C)C(C(=O)OC)=C(C(=O)OC)C12C. The predicted octanol–water partition coefficient (Wildman–Crippen LogP) is 1.41. The zero-order chi connectivity index (χ0) is 23.1. The van der Waals surface area contributed by atoms with Gasteiger partial charge in [-0.2, -0.15) is 0 Å². The Kier molecular flexibility index (Phi) is 5.39. The lowest BCUT2D eigenvalue weighted by atomic mass is 9.51. The number of carbonyl (C=O) groups is 4. The maximum absolute atomic E-state index is 12.8. The highest BCUT2D eigenvalue weighted by atomic mass is 16.5. The molecule has 9 nitrogen and oxygen atoms in total. The fraction of sp³-hybridized carbons (Fsp3) is 0.364. The van der Waals surface area contributed by atoms with Gasteiger partial charge in [0.05, 0.1) is 56.6 Å². The van der Waals surface area contributed by atoms with E-state index in [9.17, 15) is 19.2 Å². The molecule has 1 aromatic rings. The Morgan fingerprint density at radius 1 is 0.839 bits per heavy atom. The quantitative estimate of drug-likeness (QED) is 0.390. The zero-order valence-electron chi connectivity index (χ0n) is 18.1. The molecule has 31 heavy (non-hydrogen) atoms. The molecule has 1 heterocycles. The summed E-state index contributed by atoms with van der Waals surface area (Å²) >= 11 is 0. The second-order valence-corrected chi connectivity index (χ2v) is 7.33. The average Bonchev–Trinajstić information content (AvgIpc) is 2.94. The normalized spacial score (nSPS) is 23.9. The molecule has 0 bridgehead atoms. The van der Waals surface area contributed by atoms with Gasteiger partial charge in [-0.05, 0) is 25.5 Å². The number of esters is 4. The molecule has 0 N–H and O–H groups in total. The van der Waals surface area contributed by atoms with Gasteiger partial charge in [0.2, 0.25) is 0 Å². The van der Waals surface area contributed by atoms with E-state index < -0.39 is 34.8 Å². The van der Waals surface area contributed by atoms with E-state index in [2.05, 4.69) is 0 Å². The summed E-state index contributed by atoms with van der Waals surface area (Å²) in [4.78, 5) is 51.9. The molecular weight excluding hydrogens is 406 g/mol. The molecule has 2 aliphatic rings. The van der Waals surface area contributed by atoms with Gasteiger partial charge in [-0.1, -0.05) is 18.2 Å². The number of nitrogens with zero attached hydrogens (tertiary/aromatic N) is 1. The molecule has 0 spiro atoms. The molecular formula is C22H23NO8. The van der Waals surface area contributed by atoms with Crippen molar-refractivity contribution in [2.24, 2.45) is 0 Å². The van der Waals surface area contributed by atoms with Crippen LogP contribution in [0.2, 0.25) is 0 Å². The lowest BCUT2D eigenvalue weighted by Gasteiger charge is -2.55. The molecule has 2 atom stereocenters. The van der Waals surface area contributed by atoms with Gasteiger partial charge in [-0.15, -0.1) is 0 Å². The Morgan fingerprint density at radius 2 is 1.42 bits per heavy atom. The van der Waals surface area contributed by atoms with Crippen LogP contribution >= 0.6 is 0 Å². The van der Waals surface area contributed by atoms with E-state index in [0.29, 0.717) is 11.3 Å². The van der Waals surface area contributed by atoms with E-state index in [1.165, 1.54) is 33.3 Å². The molecule has 1 aliphatic carbocycles. The van der Waals surface area contributed by atoms with Crippen molar-refractivity contribution in [2.45, 2.75) is 24.8 Å². The van der Waals surface area contributed by atoms with Crippen molar-refractivity contribution >= 4 is 29.6 Å². The van der Waals surface area contributed by atoms with Crippen molar-refractivity contribution in [1.29, 1.82) is 0 Å². The predicted molar refractivity (Wildman–Crippen MR) is 108 cm³/mol. The van der Waals surface area contributed by atoms with E-state index in [0.717, 1.165) is 6.08 Å². The molecule has 0 fully saturated rings. The van der Waals surface area contributed by atoms with Gasteiger partial charge in [0.25, 0.3) is 0 Å². The number of benzene rings is 1. The lowest BCUT2D eigenvalue weighted by Crippen LogP contribution is -2.67. The third kappa shape index (κ3) is 2.69. The second-order valence-electron chi connectivity index (χ2n) is 7.33. The first-order valence-corrected chi connectivity index (χ1v) is 9.34. The number of methoxy groups -OCH3 is 4. The van der Waals surface area contributed by atoms with Gasteiger partial charge in [-0.25, -0.2) is 19.2 Å². The summed E-state index contributed by atoms with van der Waals surface area (Å²) < 4.78 is 19.5. The van der Waals surface area contributed by atoms with Crippen LogP contribution in [0.4, 0.5) is 5.69 Å². The Morgan fingerprint density at radius 3 is 1.97 bits per heavy atom. The summed E-state index contributed by atoms with van der Waals surface area (Å²) in [5.41, 5.74) is -1.12. The maximum atomic E-state index is 12.8. The van der Waals surface area contributed by atoms with Crippen LogP contribution in [0, 0.1) is 0 Å². The summed E-state index contributed by atoms with van der Waals surface area (Å²) in [5.74, 6) is -3.04. The fourth-order valence-corrected chi connectivity index (χ4v) is 4.66. The minimum atomic E-state index is -1.26.